The van der Waals surface area contributed by atoms with E-state index < -0.39 is 18.4 Å². The first kappa shape index (κ1) is 30.2. The maximum atomic E-state index is 12.2. The summed E-state index contributed by atoms with van der Waals surface area (Å²) in [6.07, 6.45) is 12.6. The molecule has 6 heteroatoms. The van der Waals surface area contributed by atoms with Crippen LogP contribution >= 0.6 is 0 Å². The van der Waals surface area contributed by atoms with Crippen molar-refractivity contribution in [1.82, 2.24) is 0 Å². The van der Waals surface area contributed by atoms with E-state index in [1.807, 2.05) is 0 Å². The van der Waals surface area contributed by atoms with Gasteiger partial charge in [-0.05, 0) is 37.1 Å². The number of ketones is 2. The normalized spacial score (nSPS) is 11.5. The van der Waals surface area contributed by atoms with Crippen LogP contribution in [0.1, 0.15) is 126 Å². The first-order valence-electron chi connectivity index (χ1n) is 13.2. The van der Waals surface area contributed by atoms with Crippen LogP contribution < -0.4 is 4.74 Å². The smallest absolute Gasteiger partial charge is 0.449 e. The molecule has 1 aromatic rings. The van der Waals surface area contributed by atoms with Crippen molar-refractivity contribution in [2.45, 2.75) is 122 Å². The molecule has 0 saturated heterocycles. The number of benzene rings is 1. The lowest BCUT2D eigenvalue weighted by molar-refractivity contribution is -0.171. The minimum Gasteiger partial charge on any atom is -0.494 e. The second-order valence-corrected chi connectivity index (χ2v) is 9.17. The van der Waals surface area contributed by atoms with Gasteiger partial charge in [0.1, 0.15) is 5.75 Å². The summed E-state index contributed by atoms with van der Waals surface area (Å²) in [7, 11) is 0. The van der Waals surface area contributed by atoms with E-state index in [9.17, 15) is 22.8 Å². The summed E-state index contributed by atoms with van der Waals surface area (Å²) in [4.78, 5) is 22.9. The molecule has 0 spiro atoms. The molecule has 1 aromatic carbocycles. The number of rotatable bonds is 21. The van der Waals surface area contributed by atoms with Crippen LogP contribution in [0.25, 0.3) is 0 Å². The topological polar surface area (TPSA) is 43.4 Å². The first-order valence-corrected chi connectivity index (χ1v) is 13.2. The fourth-order valence-electron chi connectivity index (χ4n) is 3.92. The van der Waals surface area contributed by atoms with Crippen LogP contribution in [0.4, 0.5) is 13.2 Å². The average molecular weight is 485 g/mol. The Labute approximate surface area is 203 Å². The molecule has 0 heterocycles. The van der Waals surface area contributed by atoms with E-state index in [4.69, 9.17) is 4.74 Å². The van der Waals surface area contributed by atoms with Crippen LogP contribution in [-0.4, -0.2) is 24.3 Å². The maximum absolute atomic E-state index is 12.2. The molecular weight excluding hydrogens is 441 g/mol. The Bertz CT molecular complexity index is 668. The summed E-state index contributed by atoms with van der Waals surface area (Å²) in [5, 5.41) is 0. The van der Waals surface area contributed by atoms with Gasteiger partial charge >= 0.3 is 6.18 Å². The summed E-state index contributed by atoms with van der Waals surface area (Å²) in [6.45, 7) is 2.88. The number of hydrogen-bond acceptors (Lipinski definition) is 3. The molecular formula is C28H43F3O3. The molecule has 1 rings (SSSR count). The predicted octanol–water partition coefficient (Wildman–Crippen LogP) is 9.03. The highest BCUT2D eigenvalue weighted by molar-refractivity contribution is 5.96. The SMILES string of the molecule is CCCCCCCCCCCCCCCCOc1ccc(C(=O)CCCC(=O)C(F)(F)F)cc1. The van der Waals surface area contributed by atoms with Crippen molar-refractivity contribution in [2.75, 3.05) is 6.61 Å². The Morgan fingerprint density at radius 3 is 1.62 bits per heavy atom. The third-order valence-electron chi connectivity index (χ3n) is 6.07. The minimum atomic E-state index is -4.82. The molecule has 0 unspecified atom stereocenters. The van der Waals surface area contributed by atoms with Gasteiger partial charge in [0.15, 0.2) is 5.78 Å². The lowest BCUT2D eigenvalue weighted by Crippen LogP contribution is -2.22. The Kier molecular flexibility index (Phi) is 16.4. The fraction of sp³-hybridized carbons (Fsp3) is 0.714. The van der Waals surface area contributed by atoms with Crippen LogP contribution in [0.15, 0.2) is 24.3 Å². The van der Waals surface area contributed by atoms with Gasteiger partial charge in [-0.25, -0.2) is 0 Å². The van der Waals surface area contributed by atoms with Crippen molar-refractivity contribution in [3.05, 3.63) is 29.8 Å². The number of Topliss-reactive ketones (excluding diaryl/α,β-unsaturated/α-hetero) is 2. The third-order valence-corrected chi connectivity index (χ3v) is 6.07. The molecule has 34 heavy (non-hydrogen) atoms. The third kappa shape index (κ3) is 15.1. The van der Waals surface area contributed by atoms with Crippen LogP contribution in [0, 0.1) is 0 Å². The average Bonchev–Trinajstić information content (AvgIpc) is 2.81. The van der Waals surface area contributed by atoms with E-state index in [1.165, 1.54) is 77.0 Å². The Hall–Kier alpha value is -1.85. The highest BCUT2D eigenvalue weighted by Gasteiger charge is 2.37. The van der Waals surface area contributed by atoms with E-state index in [2.05, 4.69) is 6.92 Å². The Morgan fingerprint density at radius 2 is 1.15 bits per heavy atom. The highest BCUT2D eigenvalue weighted by atomic mass is 19.4. The van der Waals surface area contributed by atoms with Crippen molar-refractivity contribution < 1.29 is 27.5 Å². The van der Waals surface area contributed by atoms with Gasteiger partial charge in [-0.2, -0.15) is 13.2 Å². The second kappa shape index (κ2) is 18.5. The molecule has 0 fully saturated rings. The number of halogens is 3. The van der Waals surface area contributed by atoms with Crippen molar-refractivity contribution in [3.63, 3.8) is 0 Å². The summed E-state index contributed by atoms with van der Waals surface area (Å²) in [5.41, 5.74) is 0.420. The van der Waals surface area contributed by atoms with Crippen molar-refractivity contribution in [3.8, 4) is 5.75 Å². The number of carbonyl (C=O) groups excluding carboxylic acids is 2. The number of alkyl halides is 3. The largest absolute Gasteiger partial charge is 0.494 e. The standard InChI is InChI=1S/C28H43F3O3/c1-2-3-4-5-6-7-8-9-10-11-12-13-14-15-23-34-25-21-19-24(20-22-25)26(32)17-16-18-27(33)28(29,30)31/h19-22H,2-18,23H2,1H3. The first-order chi connectivity index (χ1) is 16.3. The predicted molar refractivity (Wildman–Crippen MR) is 131 cm³/mol. The minimum absolute atomic E-state index is 0.0823. The van der Waals surface area contributed by atoms with E-state index in [1.54, 1.807) is 24.3 Å². The van der Waals surface area contributed by atoms with Crippen LogP contribution in [0.2, 0.25) is 0 Å². The molecule has 0 N–H and O–H groups in total. The molecule has 0 aromatic heterocycles. The fourth-order valence-corrected chi connectivity index (χ4v) is 3.92. The zero-order valence-electron chi connectivity index (χ0n) is 20.9. The van der Waals surface area contributed by atoms with Gasteiger partial charge in [0.25, 0.3) is 0 Å². The summed E-state index contributed by atoms with van der Waals surface area (Å²) in [5.74, 6) is -1.38. The molecule has 0 atom stereocenters. The van der Waals surface area contributed by atoms with Gasteiger partial charge in [-0.1, -0.05) is 90.4 Å². The number of unbranched alkanes of at least 4 members (excludes halogenated alkanes) is 13. The second-order valence-electron chi connectivity index (χ2n) is 9.17. The Balaban J connectivity index is 2.00. The van der Waals surface area contributed by atoms with Gasteiger partial charge in [-0.3, -0.25) is 9.59 Å². The molecule has 0 radical (unpaired) electrons. The van der Waals surface area contributed by atoms with Crippen molar-refractivity contribution >= 4 is 11.6 Å². The van der Waals surface area contributed by atoms with Gasteiger partial charge in [0.05, 0.1) is 6.61 Å². The number of carbonyl (C=O) groups is 2. The molecule has 0 saturated carbocycles. The quantitative estimate of drug-likeness (QED) is 0.129. The maximum Gasteiger partial charge on any atom is 0.449 e. The van der Waals surface area contributed by atoms with Crippen molar-refractivity contribution in [1.29, 1.82) is 0 Å². The van der Waals surface area contributed by atoms with E-state index in [0.29, 0.717) is 17.9 Å². The van der Waals surface area contributed by atoms with Crippen LogP contribution in [-0.2, 0) is 4.79 Å². The zero-order chi connectivity index (χ0) is 25.1. The molecule has 3 nitrogen and oxygen atoms in total. The summed E-state index contributed by atoms with van der Waals surface area (Å²) in [6, 6.07) is 6.65. The lowest BCUT2D eigenvalue weighted by Gasteiger charge is -2.08. The van der Waals surface area contributed by atoms with Gasteiger partial charge in [0, 0.05) is 18.4 Å². The summed E-state index contributed by atoms with van der Waals surface area (Å²) < 4.78 is 42.3. The van der Waals surface area contributed by atoms with Crippen LogP contribution in [0.5, 0.6) is 5.75 Å². The van der Waals surface area contributed by atoms with E-state index in [0.717, 1.165) is 12.8 Å². The van der Waals surface area contributed by atoms with Gasteiger partial charge in [0.2, 0.25) is 5.78 Å². The molecule has 0 aliphatic carbocycles. The lowest BCUT2D eigenvalue weighted by atomic mass is 10.0. The Morgan fingerprint density at radius 1 is 0.676 bits per heavy atom. The van der Waals surface area contributed by atoms with E-state index >= 15 is 0 Å². The molecule has 194 valence electrons. The molecule has 0 aliphatic rings. The van der Waals surface area contributed by atoms with E-state index in [-0.39, 0.29) is 18.6 Å². The molecule has 0 amide bonds. The van der Waals surface area contributed by atoms with Crippen LogP contribution in [0.3, 0.4) is 0 Å². The van der Waals surface area contributed by atoms with Crippen molar-refractivity contribution in [2.24, 2.45) is 0 Å². The number of hydrogen-bond donors (Lipinski definition) is 0. The highest BCUT2D eigenvalue weighted by Crippen LogP contribution is 2.20. The zero-order valence-corrected chi connectivity index (χ0v) is 20.9. The molecule has 0 aliphatic heterocycles. The monoisotopic (exact) mass is 484 g/mol. The number of ether oxygens (including phenoxy) is 1. The van der Waals surface area contributed by atoms with Gasteiger partial charge < -0.3 is 4.74 Å². The molecule has 0 bridgehead atoms. The summed E-state index contributed by atoms with van der Waals surface area (Å²) >= 11 is 0. The van der Waals surface area contributed by atoms with Gasteiger partial charge in [-0.15, -0.1) is 0 Å².